The van der Waals surface area contributed by atoms with Crippen molar-refractivity contribution in [2.75, 3.05) is 0 Å². The molecule has 0 amide bonds. The summed E-state index contributed by atoms with van der Waals surface area (Å²) in [4.78, 5) is 19.0. The van der Waals surface area contributed by atoms with Crippen LogP contribution in [0.5, 0.6) is 6.01 Å². The third kappa shape index (κ3) is 3.18. The number of rotatable bonds is 3. The Morgan fingerprint density at radius 1 is 1.44 bits per heavy atom. The fourth-order valence-electron chi connectivity index (χ4n) is 2.34. The van der Waals surface area contributed by atoms with Gasteiger partial charge in [0.2, 0.25) is 0 Å². The summed E-state index contributed by atoms with van der Waals surface area (Å²) in [6.07, 6.45) is 4.46. The number of ether oxygens (including phenoxy) is 1. The highest BCUT2D eigenvalue weighted by molar-refractivity contribution is 5.85. The lowest BCUT2D eigenvalue weighted by Crippen LogP contribution is -2.25. The smallest absolute Gasteiger partial charge is 0.354 e. The van der Waals surface area contributed by atoms with Crippen molar-refractivity contribution in [1.82, 2.24) is 9.97 Å². The zero-order valence-electron chi connectivity index (χ0n) is 10.7. The van der Waals surface area contributed by atoms with Gasteiger partial charge in [0.25, 0.3) is 0 Å². The summed E-state index contributed by atoms with van der Waals surface area (Å²) in [7, 11) is 0. The van der Waals surface area contributed by atoms with Crippen molar-refractivity contribution in [1.29, 1.82) is 0 Å². The van der Waals surface area contributed by atoms with Crippen LogP contribution in [-0.4, -0.2) is 27.1 Å². The monoisotopic (exact) mass is 250 g/mol. The number of aromatic nitrogens is 2. The Kier molecular flexibility index (Phi) is 3.79. The van der Waals surface area contributed by atoms with Gasteiger partial charge in [0.05, 0.1) is 0 Å². The van der Waals surface area contributed by atoms with E-state index < -0.39 is 5.97 Å². The van der Waals surface area contributed by atoms with Crippen molar-refractivity contribution in [3.05, 3.63) is 17.5 Å². The van der Waals surface area contributed by atoms with Crippen LogP contribution in [0.25, 0.3) is 0 Å². The Labute approximate surface area is 106 Å². The van der Waals surface area contributed by atoms with Crippen LogP contribution in [0, 0.1) is 12.8 Å². The fourth-order valence-corrected chi connectivity index (χ4v) is 2.34. The summed E-state index contributed by atoms with van der Waals surface area (Å²) in [6, 6.07) is 1.63. The van der Waals surface area contributed by atoms with Gasteiger partial charge in [-0.25, -0.2) is 9.78 Å². The molecule has 0 radical (unpaired) electrons. The van der Waals surface area contributed by atoms with Gasteiger partial charge in [-0.3, -0.25) is 0 Å². The van der Waals surface area contributed by atoms with Gasteiger partial charge in [0.15, 0.2) is 5.69 Å². The third-order valence-corrected chi connectivity index (χ3v) is 3.21. The highest BCUT2D eigenvalue weighted by Crippen LogP contribution is 2.26. The van der Waals surface area contributed by atoms with E-state index >= 15 is 0 Å². The number of carboxylic acids is 1. The van der Waals surface area contributed by atoms with E-state index in [1.165, 1.54) is 12.5 Å². The summed E-state index contributed by atoms with van der Waals surface area (Å²) in [6.45, 7) is 3.94. The minimum atomic E-state index is -1.05. The molecule has 2 rings (SSSR count). The molecule has 1 aromatic rings. The summed E-state index contributed by atoms with van der Waals surface area (Å²) in [5.41, 5.74) is 0.600. The average molecular weight is 250 g/mol. The van der Waals surface area contributed by atoms with Crippen molar-refractivity contribution in [3.8, 4) is 6.01 Å². The lowest BCUT2D eigenvalue weighted by atomic mass is 9.89. The van der Waals surface area contributed by atoms with E-state index in [9.17, 15) is 4.79 Å². The molecule has 1 fully saturated rings. The van der Waals surface area contributed by atoms with E-state index in [2.05, 4.69) is 16.9 Å². The highest BCUT2D eigenvalue weighted by Gasteiger charge is 2.21. The number of carbonyl (C=O) groups is 1. The molecule has 0 bridgehead atoms. The van der Waals surface area contributed by atoms with E-state index in [1.54, 1.807) is 6.92 Å². The first-order chi connectivity index (χ1) is 8.54. The summed E-state index contributed by atoms with van der Waals surface area (Å²) < 4.78 is 5.71. The number of aromatic carboxylic acids is 1. The molecule has 0 aromatic carbocycles. The molecule has 1 aliphatic rings. The molecule has 1 heterocycles. The zero-order valence-corrected chi connectivity index (χ0v) is 10.7. The molecule has 0 aliphatic heterocycles. The second kappa shape index (κ2) is 5.33. The van der Waals surface area contributed by atoms with Crippen LogP contribution in [0.2, 0.25) is 0 Å². The summed E-state index contributed by atoms with van der Waals surface area (Å²) in [5.74, 6) is -0.408. The molecule has 1 saturated carbocycles. The minimum Gasteiger partial charge on any atom is -0.477 e. The topological polar surface area (TPSA) is 72.3 Å². The summed E-state index contributed by atoms with van der Waals surface area (Å²) in [5, 5.41) is 8.94. The molecular weight excluding hydrogens is 232 g/mol. The standard InChI is InChI=1S/C13H18N2O3/c1-8-4-3-5-10(6-8)18-13-14-9(2)7-11(15-13)12(16)17/h7-8,10H,3-6H2,1-2H3,(H,16,17). The van der Waals surface area contributed by atoms with Crippen LogP contribution in [0.3, 0.4) is 0 Å². The second-order valence-electron chi connectivity index (χ2n) is 4.99. The number of aryl methyl sites for hydroxylation is 1. The molecule has 2 atom stereocenters. The van der Waals surface area contributed by atoms with Crippen LogP contribution in [0.15, 0.2) is 6.07 Å². The molecule has 18 heavy (non-hydrogen) atoms. The Morgan fingerprint density at radius 3 is 2.89 bits per heavy atom. The lowest BCUT2D eigenvalue weighted by molar-refractivity contribution is 0.0684. The van der Waals surface area contributed by atoms with Gasteiger partial charge in [-0.1, -0.05) is 13.3 Å². The van der Waals surface area contributed by atoms with Crippen molar-refractivity contribution in [2.45, 2.75) is 45.6 Å². The number of carboxylic acid groups (broad SMARTS) is 1. The molecule has 1 aromatic heterocycles. The number of nitrogens with zero attached hydrogens (tertiary/aromatic N) is 2. The van der Waals surface area contributed by atoms with E-state index in [4.69, 9.17) is 9.84 Å². The largest absolute Gasteiger partial charge is 0.477 e. The molecule has 2 unspecified atom stereocenters. The molecule has 0 saturated heterocycles. The minimum absolute atomic E-state index is 0.0126. The Morgan fingerprint density at radius 2 is 2.22 bits per heavy atom. The maximum atomic E-state index is 10.9. The molecule has 98 valence electrons. The van der Waals surface area contributed by atoms with Crippen molar-refractivity contribution < 1.29 is 14.6 Å². The van der Waals surface area contributed by atoms with Gasteiger partial charge >= 0.3 is 12.0 Å². The van der Waals surface area contributed by atoms with Gasteiger partial charge in [0, 0.05) is 5.69 Å². The summed E-state index contributed by atoms with van der Waals surface area (Å²) >= 11 is 0. The van der Waals surface area contributed by atoms with Crippen LogP contribution < -0.4 is 4.74 Å². The van der Waals surface area contributed by atoms with Crippen LogP contribution in [0.4, 0.5) is 0 Å². The number of hydrogen-bond acceptors (Lipinski definition) is 4. The van der Waals surface area contributed by atoms with Crippen LogP contribution in [-0.2, 0) is 0 Å². The fraction of sp³-hybridized carbons (Fsp3) is 0.615. The molecule has 5 heteroatoms. The first-order valence-electron chi connectivity index (χ1n) is 6.30. The average Bonchev–Trinajstić information content (AvgIpc) is 2.28. The van der Waals surface area contributed by atoms with E-state index in [0.717, 1.165) is 19.3 Å². The lowest BCUT2D eigenvalue weighted by Gasteiger charge is -2.26. The molecule has 1 N–H and O–H groups in total. The Hall–Kier alpha value is -1.65. The first-order valence-corrected chi connectivity index (χ1v) is 6.30. The quantitative estimate of drug-likeness (QED) is 0.892. The van der Waals surface area contributed by atoms with Crippen LogP contribution in [0.1, 0.15) is 48.8 Å². The Bertz CT molecular complexity index is 448. The molecule has 0 spiro atoms. The normalized spacial score (nSPS) is 23.7. The molecule has 1 aliphatic carbocycles. The highest BCUT2D eigenvalue weighted by atomic mass is 16.5. The third-order valence-electron chi connectivity index (χ3n) is 3.21. The molecular formula is C13H18N2O3. The predicted octanol–water partition coefficient (Wildman–Crippen LogP) is 2.44. The van der Waals surface area contributed by atoms with Gasteiger partial charge in [-0.05, 0) is 38.2 Å². The number of hydrogen-bond donors (Lipinski definition) is 1. The van der Waals surface area contributed by atoms with Crippen molar-refractivity contribution >= 4 is 5.97 Å². The maximum absolute atomic E-state index is 10.9. The SMILES string of the molecule is Cc1cc(C(=O)O)nc(OC2CCCC(C)C2)n1. The van der Waals surface area contributed by atoms with Gasteiger partial charge in [0.1, 0.15) is 6.10 Å². The van der Waals surface area contributed by atoms with Crippen molar-refractivity contribution in [3.63, 3.8) is 0 Å². The van der Waals surface area contributed by atoms with Crippen molar-refractivity contribution in [2.24, 2.45) is 5.92 Å². The Balaban J connectivity index is 2.10. The van der Waals surface area contributed by atoms with E-state index in [0.29, 0.717) is 11.6 Å². The predicted molar refractivity (Wildman–Crippen MR) is 65.8 cm³/mol. The first kappa shape index (κ1) is 12.8. The second-order valence-corrected chi connectivity index (χ2v) is 4.99. The van der Waals surface area contributed by atoms with Gasteiger partial charge in [-0.15, -0.1) is 0 Å². The zero-order chi connectivity index (χ0) is 13.1. The molecule has 5 nitrogen and oxygen atoms in total. The van der Waals surface area contributed by atoms with Crippen LogP contribution >= 0.6 is 0 Å². The van der Waals surface area contributed by atoms with E-state index in [-0.39, 0.29) is 17.8 Å². The maximum Gasteiger partial charge on any atom is 0.354 e. The van der Waals surface area contributed by atoms with Gasteiger partial charge in [-0.2, -0.15) is 4.98 Å². The van der Waals surface area contributed by atoms with Gasteiger partial charge < -0.3 is 9.84 Å². The van der Waals surface area contributed by atoms with E-state index in [1.807, 2.05) is 0 Å².